The molecule has 0 saturated heterocycles. The van der Waals surface area contributed by atoms with E-state index in [9.17, 15) is 9.59 Å². The molecule has 0 aliphatic heterocycles. The van der Waals surface area contributed by atoms with E-state index in [1.165, 1.54) is 29.8 Å². The van der Waals surface area contributed by atoms with E-state index in [0.29, 0.717) is 16.4 Å². The van der Waals surface area contributed by atoms with Crippen molar-refractivity contribution in [3.05, 3.63) is 64.7 Å². The van der Waals surface area contributed by atoms with Gasteiger partial charge in [0.05, 0.1) is 11.3 Å². The lowest BCUT2D eigenvalue weighted by Gasteiger charge is -2.10. The minimum atomic E-state index is -0.142. The van der Waals surface area contributed by atoms with Crippen LogP contribution in [0.4, 0.5) is 5.69 Å². The Kier molecular flexibility index (Phi) is 5.30. The van der Waals surface area contributed by atoms with Crippen LogP contribution >= 0.6 is 11.8 Å². The standard InChI is InChI=1S/C23H22N4O2S/c1-13-9-14(2)19-11-15(3)22-25-26-23(27(22)20(19)10-13)30-12-21(29)24-18-7-5-17(6-8-18)16(4)28/h5-11H,12H2,1-4H3,(H,24,29). The van der Waals surface area contributed by atoms with E-state index in [-0.39, 0.29) is 17.4 Å². The first-order chi connectivity index (χ1) is 14.3. The number of pyridine rings is 1. The zero-order valence-corrected chi connectivity index (χ0v) is 18.1. The second-order valence-corrected chi connectivity index (χ2v) is 8.40. The molecule has 0 aliphatic carbocycles. The van der Waals surface area contributed by atoms with Crippen molar-refractivity contribution in [1.82, 2.24) is 14.6 Å². The van der Waals surface area contributed by atoms with Gasteiger partial charge in [0.25, 0.3) is 0 Å². The Morgan fingerprint density at radius 1 is 1.00 bits per heavy atom. The van der Waals surface area contributed by atoms with Crippen LogP contribution in [0.3, 0.4) is 0 Å². The van der Waals surface area contributed by atoms with Gasteiger partial charge in [0.15, 0.2) is 16.6 Å². The van der Waals surface area contributed by atoms with Gasteiger partial charge in [0.1, 0.15) is 0 Å². The van der Waals surface area contributed by atoms with Crippen molar-refractivity contribution < 1.29 is 9.59 Å². The topological polar surface area (TPSA) is 76.4 Å². The predicted octanol–water partition coefficient (Wildman–Crippen LogP) is 4.74. The molecule has 7 heteroatoms. The monoisotopic (exact) mass is 418 g/mol. The molecule has 2 heterocycles. The fourth-order valence-electron chi connectivity index (χ4n) is 3.56. The highest BCUT2D eigenvalue weighted by Gasteiger charge is 2.15. The largest absolute Gasteiger partial charge is 0.325 e. The minimum absolute atomic E-state index is 0.00453. The average Bonchev–Trinajstić information content (AvgIpc) is 3.13. The minimum Gasteiger partial charge on any atom is -0.325 e. The van der Waals surface area contributed by atoms with Gasteiger partial charge in [-0.2, -0.15) is 0 Å². The molecule has 0 spiro atoms. The van der Waals surface area contributed by atoms with Crippen LogP contribution < -0.4 is 5.32 Å². The molecular formula is C23H22N4O2S. The number of aryl methyl sites for hydroxylation is 3. The molecule has 0 radical (unpaired) electrons. The summed E-state index contributed by atoms with van der Waals surface area (Å²) >= 11 is 1.35. The van der Waals surface area contributed by atoms with E-state index in [1.54, 1.807) is 24.3 Å². The second-order valence-electron chi connectivity index (χ2n) is 7.45. The van der Waals surface area contributed by atoms with E-state index < -0.39 is 0 Å². The number of nitrogens with one attached hydrogen (secondary N) is 1. The summed E-state index contributed by atoms with van der Waals surface area (Å²) in [5.74, 6) is 0.0573. The van der Waals surface area contributed by atoms with Crippen LogP contribution in [0, 0.1) is 20.8 Å². The van der Waals surface area contributed by atoms with Crippen molar-refractivity contribution in [3.8, 4) is 0 Å². The fraction of sp³-hybridized carbons (Fsp3) is 0.217. The first-order valence-electron chi connectivity index (χ1n) is 9.63. The lowest BCUT2D eigenvalue weighted by molar-refractivity contribution is -0.113. The van der Waals surface area contributed by atoms with E-state index in [2.05, 4.69) is 47.6 Å². The number of benzene rings is 2. The Balaban J connectivity index is 1.58. The number of thioether (sulfide) groups is 1. The molecule has 0 unspecified atom stereocenters. The van der Waals surface area contributed by atoms with Gasteiger partial charge in [-0.15, -0.1) is 10.2 Å². The first-order valence-corrected chi connectivity index (χ1v) is 10.6. The molecule has 152 valence electrons. The highest BCUT2D eigenvalue weighted by atomic mass is 32.2. The van der Waals surface area contributed by atoms with Gasteiger partial charge in [-0.25, -0.2) is 0 Å². The van der Waals surface area contributed by atoms with Crippen molar-refractivity contribution >= 4 is 45.7 Å². The number of anilines is 1. The van der Waals surface area contributed by atoms with Crippen LogP contribution in [0.25, 0.3) is 16.6 Å². The molecule has 2 aromatic heterocycles. The third-order valence-electron chi connectivity index (χ3n) is 5.00. The summed E-state index contributed by atoms with van der Waals surface area (Å²) in [5, 5.41) is 13.4. The third-order valence-corrected chi connectivity index (χ3v) is 5.93. The number of nitrogens with zero attached hydrogens (tertiary/aromatic N) is 3. The van der Waals surface area contributed by atoms with Crippen molar-refractivity contribution in [2.45, 2.75) is 32.9 Å². The zero-order valence-electron chi connectivity index (χ0n) is 17.3. The molecule has 0 atom stereocenters. The summed E-state index contributed by atoms with van der Waals surface area (Å²) in [7, 11) is 0. The lowest BCUT2D eigenvalue weighted by Crippen LogP contribution is -2.14. The van der Waals surface area contributed by atoms with Crippen LogP contribution in [-0.2, 0) is 4.79 Å². The van der Waals surface area contributed by atoms with Gasteiger partial charge in [0, 0.05) is 16.6 Å². The maximum absolute atomic E-state index is 12.4. The van der Waals surface area contributed by atoms with Crippen LogP contribution in [0.1, 0.15) is 34.0 Å². The SMILES string of the molecule is CC(=O)c1ccc(NC(=O)CSc2nnc3c(C)cc4c(C)cc(C)cc4n23)cc1. The average molecular weight is 419 g/mol. The van der Waals surface area contributed by atoms with Gasteiger partial charge < -0.3 is 5.32 Å². The van der Waals surface area contributed by atoms with Crippen LogP contribution in [-0.4, -0.2) is 32.0 Å². The van der Waals surface area contributed by atoms with Crippen molar-refractivity contribution in [2.24, 2.45) is 0 Å². The maximum Gasteiger partial charge on any atom is 0.234 e. The van der Waals surface area contributed by atoms with Crippen molar-refractivity contribution in [1.29, 1.82) is 0 Å². The summed E-state index contributed by atoms with van der Waals surface area (Å²) < 4.78 is 2.03. The molecule has 4 aromatic rings. The number of fused-ring (bicyclic) bond motifs is 3. The first kappa shape index (κ1) is 20.1. The summed E-state index contributed by atoms with van der Waals surface area (Å²) in [5.41, 5.74) is 6.53. The Hall–Kier alpha value is -3.19. The molecule has 0 fully saturated rings. The number of ketones is 1. The van der Waals surface area contributed by atoms with Gasteiger partial charge in [0.2, 0.25) is 5.91 Å². The predicted molar refractivity (Wildman–Crippen MR) is 121 cm³/mol. The van der Waals surface area contributed by atoms with Crippen LogP contribution in [0.15, 0.2) is 47.6 Å². The fourth-order valence-corrected chi connectivity index (χ4v) is 4.31. The van der Waals surface area contributed by atoms with Crippen molar-refractivity contribution in [2.75, 3.05) is 11.1 Å². The number of aromatic nitrogens is 3. The lowest BCUT2D eigenvalue weighted by atomic mass is 10.0. The molecule has 30 heavy (non-hydrogen) atoms. The Morgan fingerprint density at radius 2 is 1.73 bits per heavy atom. The number of carbonyl (C=O) groups excluding carboxylic acids is 2. The Bertz CT molecular complexity index is 1290. The smallest absolute Gasteiger partial charge is 0.234 e. The van der Waals surface area contributed by atoms with Gasteiger partial charge in [-0.1, -0.05) is 17.8 Å². The molecule has 0 saturated carbocycles. The van der Waals surface area contributed by atoms with E-state index in [1.807, 2.05) is 11.3 Å². The summed E-state index contributed by atoms with van der Waals surface area (Å²) in [6.45, 7) is 7.71. The number of carbonyl (C=O) groups is 2. The molecule has 1 amide bonds. The Labute approximate surface area is 178 Å². The molecule has 6 nitrogen and oxygen atoms in total. The van der Waals surface area contributed by atoms with Crippen LogP contribution in [0.2, 0.25) is 0 Å². The van der Waals surface area contributed by atoms with E-state index in [4.69, 9.17) is 0 Å². The summed E-state index contributed by atoms with van der Waals surface area (Å²) in [6, 6.07) is 13.3. The molecule has 2 aromatic carbocycles. The third kappa shape index (κ3) is 3.80. The highest BCUT2D eigenvalue weighted by Crippen LogP contribution is 2.28. The normalized spacial score (nSPS) is 11.2. The number of rotatable bonds is 5. The van der Waals surface area contributed by atoms with E-state index in [0.717, 1.165) is 22.1 Å². The molecular weight excluding hydrogens is 396 g/mol. The summed E-state index contributed by atoms with van der Waals surface area (Å²) in [4.78, 5) is 23.8. The number of Topliss-reactive ketones (excluding diaryl/α,β-unsaturated/α-hetero) is 1. The van der Waals surface area contributed by atoms with E-state index >= 15 is 0 Å². The van der Waals surface area contributed by atoms with Gasteiger partial charge in [-0.3, -0.25) is 14.0 Å². The number of hydrogen-bond donors (Lipinski definition) is 1. The van der Waals surface area contributed by atoms with Crippen LogP contribution in [0.5, 0.6) is 0 Å². The molecule has 0 bridgehead atoms. The second kappa shape index (κ2) is 7.91. The Morgan fingerprint density at radius 3 is 2.43 bits per heavy atom. The zero-order chi connectivity index (χ0) is 21.4. The van der Waals surface area contributed by atoms with Gasteiger partial charge in [-0.05, 0) is 80.8 Å². The number of amides is 1. The highest BCUT2D eigenvalue weighted by molar-refractivity contribution is 7.99. The van der Waals surface area contributed by atoms with Gasteiger partial charge >= 0.3 is 0 Å². The molecule has 4 rings (SSSR count). The maximum atomic E-state index is 12.4. The molecule has 1 N–H and O–H groups in total. The number of hydrogen-bond acceptors (Lipinski definition) is 5. The van der Waals surface area contributed by atoms with Crippen molar-refractivity contribution in [3.63, 3.8) is 0 Å². The quantitative estimate of drug-likeness (QED) is 0.374. The molecule has 0 aliphatic rings. The summed E-state index contributed by atoms with van der Waals surface area (Å²) in [6.07, 6.45) is 0.